The number of phenolic OH excluding ortho intramolecular Hbond substituents is 1. The largest absolute Gasteiger partial charge is 0.507 e. The van der Waals surface area contributed by atoms with E-state index >= 15 is 0 Å². The molecule has 27 heavy (non-hydrogen) atoms. The lowest BCUT2D eigenvalue weighted by Crippen LogP contribution is -2.03. The Morgan fingerprint density at radius 3 is 2.59 bits per heavy atom. The van der Waals surface area contributed by atoms with Gasteiger partial charge in [-0.05, 0) is 48.2 Å². The molecule has 4 nitrogen and oxygen atoms in total. The molecule has 1 saturated carbocycles. The second-order valence-corrected chi connectivity index (χ2v) is 7.46. The summed E-state index contributed by atoms with van der Waals surface area (Å²) in [4.78, 5) is 11.5. The molecule has 0 unspecified atom stereocenters. The Morgan fingerprint density at radius 2 is 1.74 bits per heavy atom. The number of phenols is 1. The molecule has 3 aliphatic rings. The Balaban J connectivity index is 1.63. The highest BCUT2D eigenvalue weighted by molar-refractivity contribution is 5.84. The van der Waals surface area contributed by atoms with E-state index in [2.05, 4.69) is 18.2 Å². The van der Waals surface area contributed by atoms with E-state index in [9.17, 15) is 5.11 Å². The molecule has 1 fully saturated rings. The van der Waals surface area contributed by atoms with E-state index in [-0.39, 0.29) is 11.4 Å². The van der Waals surface area contributed by atoms with Crippen molar-refractivity contribution in [3.63, 3.8) is 0 Å². The Labute approximate surface area is 156 Å². The average Bonchev–Trinajstić information content (AvgIpc) is 3.16. The molecule has 1 spiro atoms. The maximum atomic E-state index is 10.4. The van der Waals surface area contributed by atoms with Gasteiger partial charge in [0.25, 0.3) is 0 Å². The number of hydrogen-bond donors (Lipinski definition) is 1. The lowest BCUT2D eigenvalue weighted by Gasteiger charge is -2.14. The number of rotatable bonds is 2. The maximum Gasteiger partial charge on any atom is 0.179 e. The fourth-order valence-electron chi connectivity index (χ4n) is 4.24. The minimum atomic E-state index is -0.320. The Kier molecular flexibility index (Phi) is 2.95. The maximum absolute atomic E-state index is 10.4. The van der Waals surface area contributed by atoms with Crippen molar-refractivity contribution >= 4 is 0 Å². The predicted octanol–water partition coefficient (Wildman–Crippen LogP) is 4.97. The van der Waals surface area contributed by atoms with E-state index in [1.165, 1.54) is 5.56 Å². The zero-order chi connectivity index (χ0) is 18.0. The van der Waals surface area contributed by atoms with E-state index in [1.807, 2.05) is 30.3 Å². The molecule has 0 radical (unpaired) electrons. The molecule has 134 valence electrons. The predicted molar refractivity (Wildman–Crippen MR) is 101 cm³/mol. The molecular formula is C23H18O4. The van der Waals surface area contributed by atoms with Crippen LogP contribution < -0.4 is 9.62 Å². The third kappa shape index (κ3) is 2.14. The molecule has 1 aliphatic carbocycles. The van der Waals surface area contributed by atoms with Crippen LogP contribution in [0, 0.1) is 0 Å². The van der Waals surface area contributed by atoms with E-state index in [0.29, 0.717) is 6.61 Å². The minimum absolute atomic E-state index is 0.273. The fourth-order valence-corrected chi connectivity index (χ4v) is 4.24. The van der Waals surface area contributed by atoms with Gasteiger partial charge in [0, 0.05) is 28.7 Å². The van der Waals surface area contributed by atoms with Crippen LogP contribution in [0.25, 0.3) is 22.3 Å². The standard InChI is InChI=1S/C23H18O4/c24-20-6-2-1-4-15(20)14-12-18(16-5-3-7-21-17(16)8-11-25-21)22-19(13-14)23(9-10-23)27-26-22/h1-7,12-13,24H,8-11H2. The van der Waals surface area contributed by atoms with Gasteiger partial charge in [0.1, 0.15) is 17.1 Å². The molecule has 0 aromatic heterocycles. The van der Waals surface area contributed by atoms with Crippen molar-refractivity contribution in [3.8, 4) is 39.5 Å². The molecule has 3 aromatic carbocycles. The molecular weight excluding hydrogens is 340 g/mol. The van der Waals surface area contributed by atoms with E-state index in [4.69, 9.17) is 14.5 Å². The van der Waals surface area contributed by atoms with Gasteiger partial charge < -0.3 is 14.7 Å². The lowest BCUT2D eigenvalue weighted by atomic mass is 9.90. The number of aromatic hydroxyl groups is 1. The zero-order valence-electron chi connectivity index (χ0n) is 14.7. The number of fused-ring (bicyclic) bond motifs is 3. The summed E-state index contributed by atoms with van der Waals surface area (Å²) in [7, 11) is 0. The van der Waals surface area contributed by atoms with Crippen molar-refractivity contribution in [2.24, 2.45) is 0 Å². The molecule has 1 N–H and O–H groups in total. The van der Waals surface area contributed by atoms with Gasteiger partial charge in [-0.2, -0.15) is 4.89 Å². The molecule has 2 heterocycles. The van der Waals surface area contributed by atoms with Crippen LogP contribution in [0.4, 0.5) is 0 Å². The molecule has 4 heteroatoms. The van der Waals surface area contributed by atoms with Gasteiger partial charge in [-0.15, -0.1) is 0 Å². The average molecular weight is 358 g/mol. The minimum Gasteiger partial charge on any atom is -0.507 e. The third-order valence-electron chi connectivity index (χ3n) is 5.82. The summed E-state index contributed by atoms with van der Waals surface area (Å²) in [6.45, 7) is 0.703. The molecule has 0 amide bonds. The van der Waals surface area contributed by atoms with Crippen LogP contribution in [0.2, 0.25) is 0 Å². The molecule has 0 bridgehead atoms. The van der Waals surface area contributed by atoms with Crippen molar-refractivity contribution in [2.75, 3.05) is 6.61 Å². The van der Waals surface area contributed by atoms with Crippen molar-refractivity contribution < 1.29 is 19.6 Å². The fraction of sp³-hybridized carbons (Fsp3) is 0.217. The van der Waals surface area contributed by atoms with Crippen molar-refractivity contribution in [3.05, 3.63) is 65.7 Å². The lowest BCUT2D eigenvalue weighted by molar-refractivity contribution is -0.236. The molecule has 0 saturated heterocycles. The van der Waals surface area contributed by atoms with Crippen LogP contribution in [-0.2, 0) is 16.9 Å². The van der Waals surface area contributed by atoms with Gasteiger partial charge in [0.05, 0.1) is 6.61 Å². The van der Waals surface area contributed by atoms with E-state index in [0.717, 1.165) is 58.6 Å². The van der Waals surface area contributed by atoms with Gasteiger partial charge in [-0.1, -0.05) is 30.3 Å². The first-order valence-corrected chi connectivity index (χ1v) is 9.33. The van der Waals surface area contributed by atoms with E-state index < -0.39 is 0 Å². The third-order valence-corrected chi connectivity index (χ3v) is 5.82. The van der Waals surface area contributed by atoms with Crippen LogP contribution >= 0.6 is 0 Å². The zero-order valence-corrected chi connectivity index (χ0v) is 14.7. The molecule has 0 atom stereocenters. The normalized spacial score (nSPS) is 17.9. The van der Waals surface area contributed by atoms with Gasteiger partial charge in [-0.3, -0.25) is 0 Å². The Bertz CT molecular complexity index is 1080. The first-order valence-electron chi connectivity index (χ1n) is 9.33. The number of benzene rings is 3. The monoisotopic (exact) mass is 358 g/mol. The molecule has 6 rings (SSSR count). The summed E-state index contributed by atoms with van der Waals surface area (Å²) in [6, 6.07) is 17.8. The smallest absolute Gasteiger partial charge is 0.179 e. The molecule has 2 aliphatic heterocycles. The Hall–Kier alpha value is -2.98. The van der Waals surface area contributed by atoms with Gasteiger partial charge in [-0.25, -0.2) is 0 Å². The quantitative estimate of drug-likeness (QED) is 0.657. The van der Waals surface area contributed by atoms with Crippen molar-refractivity contribution in [1.82, 2.24) is 0 Å². The summed E-state index contributed by atoms with van der Waals surface area (Å²) in [5.41, 5.74) is 5.85. The summed E-state index contributed by atoms with van der Waals surface area (Å²) < 4.78 is 5.76. The van der Waals surface area contributed by atoms with Crippen LogP contribution in [0.3, 0.4) is 0 Å². The second kappa shape index (κ2) is 5.27. The highest BCUT2D eigenvalue weighted by atomic mass is 17.2. The van der Waals surface area contributed by atoms with Crippen LogP contribution in [0.1, 0.15) is 24.0 Å². The van der Waals surface area contributed by atoms with Crippen molar-refractivity contribution in [2.45, 2.75) is 24.9 Å². The number of para-hydroxylation sites is 1. The van der Waals surface area contributed by atoms with Gasteiger partial charge in [0.15, 0.2) is 5.75 Å². The van der Waals surface area contributed by atoms with Crippen LogP contribution in [0.15, 0.2) is 54.6 Å². The summed E-state index contributed by atoms with van der Waals surface area (Å²) >= 11 is 0. The molecule has 3 aromatic rings. The summed E-state index contributed by atoms with van der Waals surface area (Å²) in [5, 5.41) is 10.4. The number of hydrogen-bond acceptors (Lipinski definition) is 4. The van der Waals surface area contributed by atoms with Gasteiger partial charge >= 0.3 is 0 Å². The van der Waals surface area contributed by atoms with E-state index in [1.54, 1.807) is 6.07 Å². The summed E-state index contributed by atoms with van der Waals surface area (Å²) in [6.07, 6.45) is 2.80. The summed E-state index contributed by atoms with van der Waals surface area (Å²) in [5.74, 6) is 2.01. The first kappa shape index (κ1) is 15.1. The topological polar surface area (TPSA) is 47.9 Å². The highest BCUT2D eigenvalue weighted by Gasteiger charge is 2.54. The second-order valence-electron chi connectivity index (χ2n) is 7.46. The Morgan fingerprint density at radius 1 is 0.889 bits per heavy atom. The number of ether oxygens (including phenoxy) is 1. The van der Waals surface area contributed by atoms with Crippen LogP contribution in [0.5, 0.6) is 17.2 Å². The van der Waals surface area contributed by atoms with Crippen LogP contribution in [-0.4, -0.2) is 11.7 Å². The first-order chi connectivity index (χ1) is 13.3. The van der Waals surface area contributed by atoms with Gasteiger partial charge in [0.2, 0.25) is 0 Å². The highest BCUT2D eigenvalue weighted by Crippen LogP contribution is 2.60. The van der Waals surface area contributed by atoms with Crippen molar-refractivity contribution in [1.29, 1.82) is 0 Å². The SMILES string of the molecule is Oc1ccccc1-c1cc(-c2cccc3c2CCO3)c2c(c1)C1(CC1)OO2.